The lowest BCUT2D eigenvalue weighted by atomic mass is 10.3. The van der Waals surface area contributed by atoms with Gasteiger partial charge in [0, 0.05) is 5.02 Å². The highest BCUT2D eigenvalue weighted by atomic mass is 35.5. The molecule has 2 aromatic carbocycles. The van der Waals surface area contributed by atoms with Gasteiger partial charge in [-0.2, -0.15) is 0 Å². The van der Waals surface area contributed by atoms with Crippen LogP contribution in [0.25, 0.3) is 0 Å². The first-order valence-corrected chi connectivity index (χ1v) is 6.66. The van der Waals surface area contributed by atoms with Crippen LogP contribution >= 0.6 is 11.6 Å². The molecule has 0 radical (unpaired) electrons. The Morgan fingerprint density at radius 1 is 0.941 bits per heavy atom. The molecular weight excluding hydrogens is 260 g/mol. The number of hydrogen-bond acceptors (Lipinski definition) is 3. The van der Waals surface area contributed by atoms with Gasteiger partial charge in [-0.25, -0.2) is 8.42 Å². The Labute approximate surface area is 104 Å². The summed E-state index contributed by atoms with van der Waals surface area (Å²) < 4.78 is 24.3. The molecule has 0 amide bonds. The number of rotatable bonds is 2. The monoisotopic (exact) mass is 268 g/mol. The van der Waals surface area contributed by atoms with E-state index in [1.807, 2.05) is 0 Å². The topological polar surface area (TPSA) is 54.4 Å². The summed E-state index contributed by atoms with van der Waals surface area (Å²) >= 11 is 5.70. The quantitative estimate of drug-likeness (QED) is 0.911. The highest BCUT2D eigenvalue weighted by Gasteiger charge is 2.17. The molecule has 0 aliphatic carbocycles. The molecule has 0 aromatic heterocycles. The first-order chi connectivity index (χ1) is 8.00. The van der Waals surface area contributed by atoms with Crippen molar-refractivity contribution in [2.45, 2.75) is 9.79 Å². The van der Waals surface area contributed by atoms with Crippen molar-refractivity contribution in [3.05, 3.63) is 53.6 Å². The minimum absolute atomic E-state index is 0.0554. The number of phenols is 1. The van der Waals surface area contributed by atoms with Gasteiger partial charge in [-0.05, 0) is 42.5 Å². The van der Waals surface area contributed by atoms with Gasteiger partial charge in [-0.3, -0.25) is 0 Å². The number of halogens is 1. The maximum absolute atomic E-state index is 12.1. The molecule has 0 unspecified atom stereocenters. The smallest absolute Gasteiger partial charge is 0.206 e. The average Bonchev–Trinajstić information content (AvgIpc) is 2.29. The van der Waals surface area contributed by atoms with Crippen LogP contribution in [0.5, 0.6) is 5.75 Å². The predicted molar refractivity (Wildman–Crippen MR) is 65.0 cm³/mol. The van der Waals surface area contributed by atoms with Gasteiger partial charge < -0.3 is 5.11 Å². The van der Waals surface area contributed by atoms with Crippen LogP contribution in [0.2, 0.25) is 5.02 Å². The second-order valence-corrected chi connectivity index (χ2v) is 5.84. The number of benzene rings is 2. The molecule has 2 rings (SSSR count). The maximum atomic E-state index is 12.1. The molecule has 3 nitrogen and oxygen atoms in total. The number of hydrogen-bond donors (Lipinski definition) is 1. The molecule has 17 heavy (non-hydrogen) atoms. The van der Waals surface area contributed by atoms with E-state index in [4.69, 9.17) is 11.6 Å². The zero-order chi connectivity index (χ0) is 12.5. The van der Waals surface area contributed by atoms with Gasteiger partial charge >= 0.3 is 0 Å². The Morgan fingerprint density at radius 2 is 1.59 bits per heavy atom. The molecule has 5 heteroatoms. The minimum Gasteiger partial charge on any atom is -0.508 e. The van der Waals surface area contributed by atoms with Crippen LogP contribution in [0.15, 0.2) is 58.3 Å². The van der Waals surface area contributed by atoms with Gasteiger partial charge in [-0.15, -0.1) is 0 Å². The van der Waals surface area contributed by atoms with Crippen molar-refractivity contribution in [3.8, 4) is 5.75 Å². The third kappa shape index (κ3) is 2.43. The molecule has 2 aromatic rings. The van der Waals surface area contributed by atoms with Crippen molar-refractivity contribution in [2.24, 2.45) is 0 Å². The second-order valence-electron chi connectivity index (χ2n) is 3.45. The summed E-state index contributed by atoms with van der Waals surface area (Å²) in [6, 6.07) is 11.4. The normalized spacial score (nSPS) is 11.4. The highest BCUT2D eigenvalue weighted by molar-refractivity contribution is 7.91. The maximum Gasteiger partial charge on any atom is 0.206 e. The fraction of sp³-hybridized carbons (Fsp3) is 0. The average molecular weight is 269 g/mol. The van der Waals surface area contributed by atoms with E-state index in [2.05, 4.69) is 0 Å². The molecule has 0 saturated carbocycles. The molecule has 88 valence electrons. The summed E-state index contributed by atoms with van der Waals surface area (Å²) in [5.74, 6) is -0.0833. The van der Waals surface area contributed by atoms with Gasteiger partial charge in [-0.1, -0.05) is 17.7 Å². The Kier molecular flexibility index (Phi) is 3.09. The van der Waals surface area contributed by atoms with Crippen LogP contribution in [0.1, 0.15) is 0 Å². The van der Waals surface area contributed by atoms with Crippen molar-refractivity contribution < 1.29 is 13.5 Å². The molecule has 0 fully saturated rings. The zero-order valence-corrected chi connectivity index (χ0v) is 10.2. The van der Waals surface area contributed by atoms with E-state index in [1.165, 1.54) is 48.5 Å². The molecule has 1 N–H and O–H groups in total. The van der Waals surface area contributed by atoms with E-state index >= 15 is 0 Å². The SMILES string of the molecule is O=S(=O)(c1ccc(Cl)cc1)c1cccc(O)c1. The van der Waals surface area contributed by atoms with Crippen LogP contribution in [0, 0.1) is 0 Å². The van der Waals surface area contributed by atoms with Crippen molar-refractivity contribution in [2.75, 3.05) is 0 Å². The van der Waals surface area contributed by atoms with E-state index < -0.39 is 9.84 Å². The summed E-state index contributed by atoms with van der Waals surface area (Å²) in [6.07, 6.45) is 0. The molecular formula is C12H9ClO3S. The van der Waals surface area contributed by atoms with Crippen LogP contribution in [-0.2, 0) is 9.84 Å². The van der Waals surface area contributed by atoms with E-state index in [0.29, 0.717) is 5.02 Å². The summed E-state index contributed by atoms with van der Waals surface area (Å²) in [4.78, 5) is 0.201. The molecule has 0 saturated heterocycles. The fourth-order valence-electron chi connectivity index (χ4n) is 1.40. The zero-order valence-electron chi connectivity index (χ0n) is 8.67. The third-order valence-corrected chi connectivity index (χ3v) is 4.27. The molecule has 0 heterocycles. The minimum atomic E-state index is -3.60. The number of aromatic hydroxyl groups is 1. The summed E-state index contributed by atoms with van der Waals surface area (Å²) in [5, 5.41) is 9.75. The fourth-order valence-corrected chi connectivity index (χ4v) is 2.83. The lowest BCUT2D eigenvalue weighted by molar-refractivity contribution is 0.473. The van der Waals surface area contributed by atoms with Gasteiger partial charge in [0.2, 0.25) is 9.84 Å². The summed E-state index contributed by atoms with van der Waals surface area (Å²) in [5.41, 5.74) is 0. The van der Waals surface area contributed by atoms with Gasteiger partial charge in [0.15, 0.2) is 0 Å². The highest BCUT2D eigenvalue weighted by Crippen LogP contribution is 2.24. The Bertz CT molecular complexity index is 633. The number of phenolic OH excluding ortho intramolecular Hbond substituents is 1. The van der Waals surface area contributed by atoms with Crippen LogP contribution in [0.3, 0.4) is 0 Å². The Hall–Kier alpha value is -1.52. The van der Waals surface area contributed by atoms with Gasteiger partial charge in [0.1, 0.15) is 5.75 Å². The largest absolute Gasteiger partial charge is 0.508 e. The molecule has 0 atom stereocenters. The Morgan fingerprint density at radius 3 is 2.18 bits per heavy atom. The predicted octanol–water partition coefficient (Wildman–Crippen LogP) is 2.88. The van der Waals surface area contributed by atoms with Gasteiger partial charge in [0.05, 0.1) is 9.79 Å². The lowest BCUT2D eigenvalue weighted by Gasteiger charge is -2.04. The van der Waals surface area contributed by atoms with Crippen molar-refractivity contribution in [1.82, 2.24) is 0 Å². The molecule has 0 aliphatic rings. The molecule has 0 bridgehead atoms. The van der Waals surface area contributed by atoms with Crippen LogP contribution in [0.4, 0.5) is 0 Å². The van der Waals surface area contributed by atoms with E-state index in [-0.39, 0.29) is 15.5 Å². The van der Waals surface area contributed by atoms with Crippen molar-refractivity contribution in [3.63, 3.8) is 0 Å². The van der Waals surface area contributed by atoms with E-state index in [1.54, 1.807) is 0 Å². The molecule has 0 spiro atoms. The van der Waals surface area contributed by atoms with E-state index in [9.17, 15) is 13.5 Å². The van der Waals surface area contributed by atoms with E-state index in [0.717, 1.165) is 0 Å². The van der Waals surface area contributed by atoms with Crippen LogP contribution in [-0.4, -0.2) is 13.5 Å². The standard InChI is InChI=1S/C12H9ClO3S/c13-9-4-6-11(7-5-9)17(15,16)12-3-1-2-10(14)8-12/h1-8,14H. The van der Waals surface area contributed by atoms with Crippen LogP contribution < -0.4 is 0 Å². The lowest BCUT2D eigenvalue weighted by Crippen LogP contribution is -2.01. The number of sulfone groups is 1. The van der Waals surface area contributed by atoms with Crippen molar-refractivity contribution >= 4 is 21.4 Å². The third-order valence-electron chi connectivity index (χ3n) is 2.25. The first kappa shape index (κ1) is 12.0. The second kappa shape index (κ2) is 4.39. The molecule has 0 aliphatic heterocycles. The van der Waals surface area contributed by atoms with Gasteiger partial charge in [0.25, 0.3) is 0 Å². The summed E-state index contributed by atoms with van der Waals surface area (Å²) in [7, 11) is -3.60. The summed E-state index contributed by atoms with van der Waals surface area (Å²) in [6.45, 7) is 0. The Balaban J connectivity index is 2.54. The first-order valence-electron chi connectivity index (χ1n) is 4.80. The van der Waals surface area contributed by atoms with Crippen molar-refractivity contribution in [1.29, 1.82) is 0 Å².